The maximum Gasteiger partial charge on any atom is 0.218 e. The number of nitriles is 1. The average molecular weight is 395 g/mol. The van der Waals surface area contributed by atoms with Gasteiger partial charge in [-0.15, -0.1) is 0 Å². The van der Waals surface area contributed by atoms with Crippen LogP contribution in [0.25, 0.3) is 0 Å². The number of rotatable bonds is 6. The van der Waals surface area contributed by atoms with Crippen molar-refractivity contribution in [2.75, 3.05) is 13.6 Å². The van der Waals surface area contributed by atoms with Gasteiger partial charge in [-0.3, -0.25) is 0 Å². The highest BCUT2D eigenvalue weighted by atomic mass is 35.5. The molecule has 0 bridgehead atoms. The summed E-state index contributed by atoms with van der Waals surface area (Å²) in [6.45, 7) is 7.45. The number of halogens is 2. The molecular formula is C18H20ClFN4OS. The zero-order valence-electron chi connectivity index (χ0n) is 15.3. The van der Waals surface area contributed by atoms with Gasteiger partial charge in [0.05, 0.1) is 17.0 Å². The van der Waals surface area contributed by atoms with Gasteiger partial charge in [-0.25, -0.2) is 9.38 Å². The summed E-state index contributed by atoms with van der Waals surface area (Å²) >= 11 is 7.24. The maximum atomic E-state index is 14.2. The third kappa shape index (κ3) is 4.51. The van der Waals surface area contributed by atoms with Gasteiger partial charge in [0.2, 0.25) is 5.06 Å². The van der Waals surface area contributed by atoms with Crippen LogP contribution < -0.4 is 4.74 Å². The van der Waals surface area contributed by atoms with E-state index in [9.17, 15) is 9.65 Å². The zero-order valence-corrected chi connectivity index (χ0v) is 16.9. The van der Waals surface area contributed by atoms with Gasteiger partial charge in [-0.1, -0.05) is 11.6 Å². The lowest BCUT2D eigenvalue weighted by Crippen LogP contribution is -2.14. The fourth-order valence-corrected chi connectivity index (χ4v) is 3.09. The number of aromatic nitrogens is 1. The van der Waals surface area contributed by atoms with Crippen molar-refractivity contribution < 1.29 is 9.13 Å². The summed E-state index contributed by atoms with van der Waals surface area (Å²) in [5.41, 5.74) is 0.00376. The predicted molar refractivity (Wildman–Crippen MR) is 104 cm³/mol. The van der Waals surface area contributed by atoms with Crippen LogP contribution in [0.15, 0.2) is 17.1 Å². The van der Waals surface area contributed by atoms with Crippen LogP contribution in [0.4, 0.5) is 10.1 Å². The Morgan fingerprint density at radius 1 is 1.50 bits per heavy atom. The summed E-state index contributed by atoms with van der Waals surface area (Å²) in [6.07, 6.45) is 1.73. The summed E-state index contributed by atoms with van der Waals surface area (Å²) in [5.74, 6) is 0.371. The Morgan fingerprint density at radius 2 is 2.19 bits per heavy atom. The van der Waals surface area contributed by atoms with E-state index in [1.807, 2.05) is 31.9 Å². The van der Waals surface area contributed by atoms with Crippen LogP contribution in [0.2, 0.25) is 5.02 Å². The van der Waals surface area contributed by atoms with Crippen LogP contribution in [0.3, 0.4) is 0 Å². The summed E-state index contributed by atoms with van der Waals surface area (Å²) in [5, 5.41) is 9.92. The van der Waals surface area contributed by atoms with Crippen LogP contribution in [0.1, 0.15) is 37.6 Å². The Kier molecular flexibility index (Phi) is 6.21. The molecule has 2 aromatic rings. The van der Waals surface area contributed by atoms with Crippen molar-refractivity contribution in [1.82, 2.24) is 9.27 Å². The van der Waals surface area contributed by atoms with Gasteiger partial charge < -0.3 is 9.64 Å². The lowest BCUT2D eigenvalue weighted by atomic mass is 10.0. The fourth-order valence-electron chi connectivity index (χ4n) is 2.05. The standard InChI is InChI=1S/C18H20ClFN4OS/c1-6-24(5)10-22-14-8-13(19)15(7-11(14)2)25-17-12(9-21)16(23-26-17)18(3,4)20/h7-8,10H,6H2,1-5H3/b22-10-. The number of aliphatic imine (C=N–C) groups is 1. The normalized spacial score (nSPS) is 11.6. The summed E-state index contributed by atoms with van der Waals surface area (Å²) in [7, 11) is 1.93. The number of ether oxygens (including phenoxy) is 1. The summed E-state index contributed by atoms with van der Waals surface area (Å²) in [4.78, 5) is 6.34. The van der Waals surface area contributed by atoms with Gasteiger partial charge in [0.1, 0.15) is 28.7 Å². The van der Waals surface area contributed by atoms with Crippen LogP contribution in [0.5, 0.6) is 10.8 Å². The molecule has 0 saturated carbocycles. The van der Waals surface area contributed by atoms with E-state index in [2.05, 4.69) is 9.37 Å². The lowest BCUT2D eigenvalue weighted by Gasteiger charge is -2.12. The van der Waals surface area contributed by atoms with E-state index < -0.39 is 5.67 Å². The van der Waals surface area contributed by atoms with Gasteiger partial charge in [0.15, 0.2) is 0 Å². The molecule has 0 saturated heterocycles. The minimum Gasteiger partial charge on any atom is -0.442 e. The Hall–Kier alpha value is -2.17. The van der Waals surface area contributed by atoms with E-state index in [0.29, 0.717) is 10.8 Å². The molecule has 0 unspecified atom stereocenters. The van der Waals surface area contributed by atoms with E-state index in [1.54, 1.807) is 18.5 Å². The Labute approximate surface area is 161 Å². The highest BCUT2D eigenvalue weighted by molar-refractivity contribution is 7.08. The Morgan fingerprint density at radius 3 is 2.77 bits per heavy atom. The molecule has 0 aliphatic heterocycles. The number of hydrogen-bond donors (Lipinski definition) is 0. The molecule has 0 aliphatic rings. The van der Waals surface area contributed by atoms with Crippen molar-refractivity contribution in [3.63, 3.8) is 0 Å². The van der Waals surface area contributed by atoms with Crippen LogP contribution in [-0.4, -0.2) is 29.2 Å². The van der Waals surface area contributed by atoms with E-state index in [-0.39, 0.29) is 16.3 Å². The van der Waals surface area contributed by atoms with Gasteiger partial charge in [-0.05, 0) is 45.4 Å². The molecule has 0 N–H and O–H groups in total. The Balaban J connectivity index is 2.35. The molecule has 0 fully saturated rings. The number of benzene rings is 1. The highest BCUT2D eigenvalue weighted by Gasteiger charge is 2.29. The minimum atomic E-state index is -1.73. The second-order valence-corrected chi connectivity index (χ2v) is 7.41. The molecule has 26 heavy (non-hydrogen) atoms. The SMILES string of the molecule is CCN(C)/C=N\c1cc(Cl)c(Oc2snc(C(C)(C)F)c2C#N)cc1C. The van der Waals surface area contributed by atoms with Crippen LogP contribution in [0, 0.1) is 18.3 Å². The van der Waals surface area contributed by atoms with Crippen molar-refractivity contribution in [2.24, 2.45) is 4.99 Å². The lowest BCUT2D eigenvalue weighted by molar-refractivity contribution is 0.215. The van der Waals surface area contributed by atoms with E-state index >= 15 is 0 Å². The summed E-state index contributed by atoms with van der Waals surface area (Å²) < 4.78 is 24.0. The molecule has 8 heteroatoms. The first kappa shape index (κ1) is 20.1. The quantitative estimate of drug-likeness (QED) is 0.473. The molecule has 1 heterocycles. The van der Waals surface area contributed by atoms with Gasteiger partial charge >= 0.3 is 0 Å². The topological polar surface area (TPSA) is 61.5 Å². The first-order valence-electron chi connectivity index (χ1n) is 7.99. The van der Waals surface area contributed by atoms with E-state index in [1.165, 1.54) is 13.8 Å². The molecule has 1 aromatic carbocycles. The zero-order chi connectivity index (χ0) is 19.5. The molecule has 138 valence electrons. The van der Waals surface area contributed by atoms with Crippen molar-refractivity contribution in [1.29, 1.82) is 5.26 Å². The smallest absolute Gasteiger partial charge is 0.218 e. The van der Waals surface area contributed by atoms with Gasteiger partial charge in [-0.2, -0.15) is 9.64 Å². The second-order valence-electron chi connectivity index (χ2n) is 6.27. The third-order valence-corrected chi connectivity index (χ3v) is 4.70. The molecule has 0 aliphatic carbocycles. The first-order chi connectivity index (χ1) is 12.2. The Bertz CT molecular complexity index is 867. The maximum absolute atomic E-state index is 14.2. The molecule has 1 aromatic heterocycles. The molecule has 0 radical (unpaired) electrons. The number of hydrogen-bond acceptors (Lipinski definition) is 5. The molecule has 0 atom stereocenters. The largest absolute Gasteiger partial charge is 0.442 e. The second kappa shape index (κ2) is 8.02. The average Bonchev–Trinajstić information content (AvgIpc) is 2.99. The van der Waals surface area contributed by atoms with Gasteiger partial charge in [0, 0.05) is 25.1 Å². The number of aryl methyl sites for hydroxylation is 1. The molecule has 0 spiro atoms. The van der Waals surface area contributed by atoms with Crippen molar-refractivity contribution in [3.05, 3.63) is 34.0 Å². The fraction of sp³-hybridized carbons (Fsp3) is 0.389. The third-order valence-electron chi connectivity index (χ3n) is 3.68. The van der Waals surface area contributed by atoms with Crippen LogP contribution in [-0.2, 0) is 5.67 Å². The van der Waals surface area contributed by atoms with Crippen LogP contribution >= 0.6 is 23.1 Å². The van der Waals surface area contributed by atoms with Gasteiger partial charge in [0.25, 0.3) is 0 Å². The monoisotopic (exact) mass is 394 g/mol. The van der Waals surface area contributed by atoms with Crippen molar-refractivity contribution >= 4 is 35.2 Å². The van der Waals surface area contributed by atoms with Crippen molar-refractivity contribution in [3.8, 4) is 16.9 Å². The molecular weight excluding hydrogens is 375 g/mol. The van der Waals surface area contributed by atoms with Crippen molar-refractivity contribution in [2.45, 2.75) is 33.4 Å². The highest BCUT2D eigenvalue weighted by Crippen LogP contribution is 2.40. The van der Waals surface area contributed by atoms with E-state index in [0.717, 1.165) is 29.3 Å². The molecule has 2 rings (SSSR count). The number of alkyl halides is 1. The molecule has 5 nitrogen and oxygen atoms in total. The number of nitrogens with zero attached hydrogens (tertiary/aromatic N) is 4. The van der Waals surface area contributed by atoms with E-state index in [4.69, 9.17) is 16.3 Å². The minimum absolute atomic E-state index is 0.0664. The first-order valence-corrected chi connectivity index (χ1v) is 9.14. The molecule has 0 amide bonds. The summed E-state index contributed by atoms with van der Waals surface area (Å²) in [6, 6.07) is 5.40. The predicted octanol–water partition coefficient (Wildman–Crippen LogP) is 5.59.